The van der Waals surface area contributed by atoms with E-state index in [0.717, 1.165) is 10.0 Å². The van der Waals surface area contributed by atoms with Gasteiger partial charge in [0.05, 0.1) is 11.6 Å². The number of rotatable bonds is 7. The van der Waals surface area contributed by atoms with Crippen LogP contribution in [0.15, 0.2) is 45.3 Å². The van der Waals surface area contributed by atoms with Crippen LogP contribution in [0.25, 0.3) is 0 Å². The lowest BCUT2D eigenvalue weighted by Gasteiger charge is -2.14. The maximum atomic E-state index is 11.9. The van der Waals surface area contributed by atoms with Gasteiger partial charge < -0.3 is 14.2 Å². The lowest BCUT2D eigenvalue weighted by molar-refractivity contribution is -0.124. The monoisotopic (exact) mass is 559 g/mol. The SMILES string of the molecule is COc1ccccc1OCC(=O)NC(=S)NNC(=O)COc1c(C)cc(Br)cc1Br. The molecule has 0 radical (unpaired) electrons. The van der Waals surface area contributed by atoms with Gasteiger partial charge in [0.15, 0.2) is 29.8 Å². The van der Waals surface area contributed by atoms with Gasteiger partial charge in [-0.25, -0.2) is 0 Å². The van der Waals surface area contributed by atoms with E-state index in [0.29, 0.717) is 21.7 Å². The average molecular weight is 561 g/mol. The molecule has 2 rings (SSSR count). The number of ether oxygens (including phenoxy) is 3. The van der Waals surface area contributed by atoms with Crippen LogP contribution < -0.4 is 30.4 Å². The van der Waals surface area contributed by atoms with Gasteiger partial charge in [-0.05, 0) is 64.9 Å². The fourth-order valence-corrected chi connectivity index (χ4v) is 3.97. The molecule has 0 unspecified atom stereocenters. The zero-order valence-electron chi connectivity index (χ0n) is 16.1. The molecule has 0 fully saturated rings. The van der Waals surface area contributed by atoms with Crippen LogP contribution in [-0.4, -0.2) is 37.3 Å². The van der Waals surface area contributed by atoms with Crippen LogP contribution in [0.3, 0.4) is 0 Å². The summed E-state index contributed by atoms with van der Waals surface area (Å²) < 4.78 is 17.7. The molecule has 3 N–H and O–H groups in total. The minimum atomic E-state index is -0.502. The third-order valence-electron chi connectivity index (χ3n) is 3.54. The van der Waals surface area contributed by atoms with Crippen molar-refractivity contribution in [2.24, 2.45) is 0 Å². The van der Waals surface area contributed by atoms with Crippen molar-refractivity contribution < 1.29 is 23.8 Å². The Labute approximate surface area is 195 Å². The number of halogens is 2. The standard InChI is InChI=1S/C19H19Br2N3O5S/c1-11-7-12(20)8-13(21)18(11)29-10-17(26)23-24-19(30)22-16(25)9-28-15-6-4-3-5-14(15)27-2/h3-8H,9-10H2,1-2H3,(H,23,26)(H2,22,24,25,30). The highest BCUT2D eigenvalue weighted by molar-refractivity contribution is 9.11. The number of para-hydroxylation sites is 2. The summed E-state index contributed by atoms with van der Waals surface area (Å²) in [6.07, 6.45) is 0. The maximum absolute atomic E-state index is 11.9. The first-order valence-electron chi connectivity index (χ1n) is 8.53. The molecular formula is C19H19Br2N3O5S. The van der Waals surface area contributed by atoms with E-state index in [9.17, 15) is 9.59 Å². The first kappa shape index (κ1) is 23.9. The minimum Gasteiger partial charge on any atom is -0.493 e. The van der Waals surface area contributed by atoms with Gasteiger partial charge in [0.2, 0.25) is 0 Å². The highest BCUT2D eigenvalue weighted by atomic mass is 79.9. The van der Waals surface area contributed by atoms with Crippen LogP contribution in [0.2, 0.25) is 0 Å². The number of aryl methyl sites for hydroxylation is 1. The number of nitrogens with one attached hydrogen (secondary N) is 3. The Balaban J connectivity index is 1.72. The molecule has 0 spiro atoms. The van der Waals surface area contributed by atoms with Gasteiger partial charge >= 0.3 is 0 Å². The smallest absolute Gasteiger partial charge is 0.276 e. The molecule has 2 aromatic rings. The molecule has 0 bridgehead atoms. The Morgan fingerprint density at radius 1 is 1.00 bits per heavy atom. The second-order valence-electron chi connectivity index (χ2n) is 5.81. The summed E-state index contributed by atoms with van der Waals surface area (Å²) in [4.78, 5) is 23.9. The number of methoxy groups -OCH3 is 1. The van der Waals surface area contributed by atoms with Crippen LogP contribution >= 0.6 is 44.1 Å². The molecule has 0 aliphatic heterocycles. The van der Waals surface area contributed by atoms with E-state index in [1.807, 2.05) is 19.1 Å². The number of amides is 2. The first-order valence-corrected chi connectivity index (χ1v) is 10.5. The van der Waals surface area contributed by atoms with Crippen molar-refractivity contribution in [2.75, 3.05) is 20.3 Å². The number of carbonyl (C=O) groups excluding carboxylic acids is 2. The van der Waals surface area contributed by atoms with E-state index >= 15 is 0 Å². The molecule has 0 atom stereocenters. The molecule has 0 heterocycles. The number of hydrogen-bond donors (Lipinski definition) is 3. The van der Waals surface area contributed by atoms with Crippen molar-refractivity contribution >= 4 is 61.0 Å². The van der Waals surface area contributed by atoms with E-state index in [4.69, 9.17) is 26.4 Å². The number of thiocarbonyl (C=S) groups is 1. The van der Waals surface area contributed by atoms with E-state index in [1.54, 1.807) is 24.3 Å². The van der Waals surface area contributed by atoms with E-state index in [2.05, 4.69) is 48.0 Å². The normalized spacial score (nSPS) is 10.0. The van der Waals surface area contributed by atoms with E-state index < -0.39 is 11.8 Å². The average Bonchev–Trinajstić information content (AvgIpc) is 2.70. The van der Waals surface area contributed by atoms with Crippen LogP contribution in [0.5, 0.6) is 17.2 Å². The Kier molecular flexibility index (Phi) is 9.34. The third-order valence-corrected chi connectivity index (χ3v) is 4.79. The zero-order chi connectivity index (χ0) is 22.1. The number of hydrogen-bond acceptors (Lipinski definition) is 6. The Morgan fingerprint density at radius 3 is 2.33 bits per heavy atom. The molecule has 11 heteroatoms. The van der Waals surface area contributed by atoms with Crippen molar-refractivity contribution in [3.8, 4) is 17.2 Å². The summed E-state index contributed by atoms with van der Waals surface area (Å²) in [5.41, 5.74) is 5.63. The summed E-state index contributed by atoms with van der Waals surface area (Å²) in [6, 6.07) is 10.6. The van der Waals surface area contributed by atoms with Gasteiger partial charge in [-0.2, -0.15) is 0 Å². The molecule has 0 aromatic heterocycles. The summed E-state index contributed by atoms with van der Waals surface area (Å²) >= 11 is 11.7. The number of hydrazine groups is 1. The molecule has 0 saturated heterocycles. The molecule has 0 aliphatic rings. The van der Waals surface area contributed by atoms with Crippen molar-refractivity contribution in [2.45, 2.75) is 6.92 Å². The van der Waals surface area contributed by atoms with Crippen molar-refractivity contribution in [3.05, 3.63) is 50.9 Å². The highest BCUT2D eigenvalue weighted by Crippen LogP contribution is 2.32. The van der Waals surface area contributed by atoms with Gasteiger partial charge in [-0.15, -0.1) is 0 Å². The Hall–Kier alpha value is -2.37. The molecule has 0 aliphatic carbocycles. The van der Waals surface area contributed by atoms with Crippen molar-refractivity contribution in [3.63, 3.8) is 0 Å². The van der Waals surface area contributed by atoms with Crippen molar-refractivity contribution in [1.82, 2.24) is 16.2 Å². The molecule has 0 saturated carbocycles. The summed E-state index contributed by atoms with van der Waals surface area (Å²) in [5, 5.41) is 2.30. The molecule has 2 amide bonds. The largest absolute Gasteiger partial charge is 0.493 e. The fourth-order valence-electron chi connectivity index (χ4n) is 2.25. The van der Waals surface area contributed by atoms with Crippen molar-refractivity contribution in [1.29, 1.82) is 0 Å². The lowest BCUT2D eigenvalue weighted by Crippen LogP contribution is -2.50. The van der Waals surface area contributed by atoms with Crippen LogP contribution in [0.4, 0.5) is 0 Å². The maximum Gasteiger partial charge on any atom is 0.276 e. The molecule has 30 heavy (non-hydrogen) atoms. The second-order valence-corrected chi connectivity index (χ2v) is 7.99. The Morgan fingerprint density at radius 2 is 1.67 bits per heavy atom. The van der Waals surface area contributed by atoms with E-state index in [-0.39, 0.29) is 18.3 Å². The van der Waals surface area contributed by atoms with E-state index in [1.165, 1.54) is 7.11 Å². The quantitative estimate of drug-likeness (QED) is 0.354. The van der Waals surface area contributed by atoms with Crippen LogP contribution in [0, 0.1) is 6.92 Å². The second kappa shape index (κ2) is 11.7. The predicted octanol–water partition coefficient (Wildman–Crippen LogP) is 3.01. The zero-order valence-corrected chi connectivity index (χ0v) is 20.1. The summed E-state index contributed by atoms with van der Waals surface area (Å²) in [5.74, 6) is 0.502. The Bertz CT molecular complexity index is 919. The molecule has 2 aromatic carbocycles. The van der Waals surface area contributed by atoms with Gasteiger partial charge in [0.1, 0.15) is 5.75 Å². The molecule has 8 nitrogen and oxygen atoms in total. The molecule has 160 valence electrons. The minimum absolute atomic E-state index is 0.0852. The summed E-state index contributed by atoms with van der Waals surface area (Å²) in [7, 11) is 1.50. The van der Waals surface area contributed by atoms with Gasteiger partial charge in [0.25, 0.3) is 11.8 Å². The predicted molar refractivity (Wildman–Crippen MR) is 123 cm³/mol. The van der Waals surface area contributed by atoms with Crippen LogP contribution in [-0.2, 0) is 9.59 Å². The number of benzene rings is 2. The lowest BCUT2D eigenvalue weighted by atomic mass is 10.2. The van der Waals surface area contributed by atoms with Gasteiger partial charge in [0, 0.05) is 4.47 Å². The third kappa shape index (κ3) is 7.47. The number of carbonyl (C=O) groups is 2. The highest BCUT2D eigenvalue weighted by Gasteiger charge is 2.11. The molecular weight excluding hydrogens is 542 g/mol. The van der Waals surface area contributed by atoms with Gasteiger partial charge in [-0.1, -0.05) is 28.1 Å². The van der Waals surface area contributed by atoms with Crippen LogP contribution in [0.1, 0.15) is 5.56 Å². The topological polar surface area (TPSA) is 97.9 Å². The fraction of sp³-hybridized carbons (Fsp3) is 0.211. The summed E-state index contributed by atoms with van der Waals surface area (Å²) in [6.45, 7) is 1.33. The first-order chi connectivity index (χ1) is 14.3. The van der Waals surface area contributed by atoms with Gasteiger partial charge in [-0.3, -0.25) is 25.8 Å².